The zero-order valence-electron chi connectivity index (χ0n) is 11.0. The normalized spacial score (nSPS) is 10.2. The highest BCUT2D eigenvalue weighted by molar-refractivity contribution is 5.96. The number of aromatic carboxylic acids is 1. The highest BCUT2D eigenvalue weighted by Crippen LogP contribution is 2.30. The molecule has 0 aromatic heterocycles. The molecule has 2 aromatic carbocycles. The number of halogens is 1. The van der Waals surface area contributed by atoms with E-state index >= 15 is 0 Å². The second-order valence-corrected chi connectivity index (χ2v) is 4.07. The Balaban J connectivity index is 2.57. The monoisotopic (exact) mass is 276 g/mol. The number of carboxylic acids is 1. The molecule has 0 unspecified atom stereocenters. The van der Waals surface area contributed by atoms with Crippen LogP contribution in [0.5, 0.6) is 11.5 Å². The third-order valence-electron chi connectivity index (χ3n) is 2.92. The maximum atomic E-state index is 13.7. The maximum absolute atomic E-state index is 13.7. The second-order valence-electron chi connectivity index (χ2n) is 4.07. The van der Waals surface area contributed by atoms with Crippen molar-refractivity contribution in [1.82, 2.24) is 0 Å². The van der Waals surface area contributed by atoms with Gasteiger partial charge in [0.2, 0.25) is 0 Å². The molecule has 0 radical (unpaired) electrons. The predicted octanol–water partition coefficient (Wildman–Crippen LogP) is 3.21. The number of benzene rings is 2. The molecule has 0 fully saturated rings. The molecule has 20 heavy (non-hydrogen) atoms. The van der Waals surface area contributed by atoms with E-state index in [9.17, 15) is 14.3 Å². The number of ether oxygens (including phenoxy) is 2. The summed E-state index contributed by atoms with van der Waals surface area (Å²) in [5.41, 5.74) is 0.928. The molecule has 0 atom stereocenters. The van der Waals surface area contributed by atoms with E-state index in [4.69, 9.17) is 9.47 Å². The average molecular weight is 276 g/mol. The Morgan fingerprint density at radius 1 is 1.10 bits per heavy atom. The molecule has 0 aliphatic rings. The molecule has 0 heterocycles. The summed E-state index contributed by atoms with van der Waals surface area (Å²) in [6.07, 6.45) is 0. The fraction of sp³-hybridized carbons (Fsp3) is 0.133. The molecule has 0 aliphatic heterocycles. The quantitative estimate of drug-likeness (QED) is 0.931. The molecule has 2 aromatic rings. The van der Waals surface area contributed by atoms with Gasteiger partial charge in [-0.3, -0.25) is 0 Å². The van der Waals surface area contributed by atoms with Gasteiger partial charge in [0.25, 0.3) is 0 Å². The highest BCUT2D eigenvalue weighted by Gasteiger charge is 2.14. The summed E-state index contributed by atoms with van der Waals surface area (Å²) in [5, 5.41) is 9.24. The van der Waals surface area contributed by atoms with Crippen LogP contribution in [-0.2, 0) is 0 Å². The summed E-state index contributed by atoms with van der Waals surface area (Å²) in [4.78, 5) is 11.3. The van der Waals surface area contributed by atoms with Crippen LogP contribution in [0.15, 0.2) is 36.4 Å². The number of rotatable bonds is 4. The van der Waals surface area contributed by atoms with Crippen LogP contribution in [0.1, 0.15) is 10.4 Å². The molecule has 4 nitrogen and oxygen atoms in total. The van der Waals surface area contributed by atoms with Crippen LogP contribution in [0, 0.1) is 5.82 Å². The van der Waals surface area contributed by atoms with E-state index in [0.717, 1.165) is 0 Å². The molecule has 2 rings (SSSR count). The van der Waals surface area contributed by atoms with Crippen molar-refractivity contribution in [3.8, 4) is 22.6 Å². The van der Waals surface area contributed by atoms with E-state index in [1.165, 1.54) is 32.4 Å². The van der Waals surface area contributed by atoms with Crippen molar-refractivity contribution < 1.29 is 23.8 Å². The Morgan fingerprint density at radius 2 is 1.85 bits per heavy atom. The first kappa shape index (κ1) is 13.9. The van der Waals surface area contributed by atoms with E-state index in [1.807, 2.05) is 0 Å². The highest BCUT2D eigenvalue weighted by atomic mass is 19.1. The van der Waals surface area contributed by atoms with Crippen LogP contribution in [-0.4, -0.2) is 25.3 Å². The Kier molecular flexibility index (Phi) is 3.89. The molecule has 0 bridgehead atoms. The third kappa shape index (κ3) is 2.56. The van der Waals surface area contributed by atoms with Crippen molar-refractivity contribution >= 4 is 5.97 Å². The van der Waals surface area contributed by atoms with Gasteiger partial charge in [0.1, 0.15) is 5.75 Å². The molecule has 1 N–H and O–H groups in total. The van der Waals surface area contributed by atoms with Crippen LogP contribution < -0.4 is 9.47 Å². The van der Waals surface area contributed by atoms with Gasteiger partial charge in [0.05, 0.1) is 19.8 Å². The van der Waals surface area contributed by atoms with E-state index in [2.05, 4.69) is 0 Å². The Bertz CT molecular complexity index is 652. The predicted molar refractivity (Wildman–Crippen MR) is 71.9 cm³/mol. The topological polar surface area (TPSA) is 55.8 Å². The van der Waals surface area contributed by atoms with Gasteiger partial charge < -0.3 is 14.6 Å². The minimum Gasteiger partial charge on any atom is -0.497 e. The zero-order chi connectivity index (χ0) is 14.7. The maximum Gasteiger partial charge on any atom is 0.336 e. The van der Waals surface area contributed by atoms with Gasteiger partial charge in [-0.1, -0.05) is 6.07 Å². The van der Waals surface area contributed by atoms with Crippen LogP contribution in [0.25, 0.3) is 11.1 Å². The molecule has 0 spiro atoms. The second kappa shape index (κ2) is 5.61. The van der Waals surface area contributed by atoms with E-state index in [1.54, 1.807) is 18.2 Å². The van der Waals surface area contributed by atoms with Gasteiger partial charge in [-0.05, 0) is 41.5 Å². The standard InChI is InChI=1S/C15H13FO4/c1-19-10-4-5-11(12(8-10)15(17)18)9-3-6-14(20-2)13(16)7-9/h3-8H,1-2H3,(H,17,18). The molecular weight excluding hydrogens is 263 g/mol. The van der Waals surface area contributed by atoms with Crippen molar-refractivity contribution in [2.24, 2.45) is 0 Å². The average Bonchev–Trinajstić information content (AvgIpc) is 2.46. The van der Waals surface area contributed by atoms with Gasteiger partial charge >= 0.3 is 5.97 Å². The number of carboxylic acid groups (broad SMARTS) is 1. The molecule has 0 saturated carbocycles. The van der Waals surface area contributed by atoms with Gasteiger partial charge in [-0.2, -0.15) is 0 Å². The smallest absolute Gasteiger partial charge is 0.336 e. The van der Waals surface area contributed by atoms with Gasteiger partial charge in [-0.15, -0.1) is 0 Å². The summed E-state index contributed by atoms with van der Waals surface area (Å²) >= 11 is 0. The van der Waals surface area contributed by atoms with Crippen LogP contribution in [0.2, 0.25) is 0 Å². The minimum absolute atomic E-state index is 0.0499. The lowest BCUT2D eigenvalue weighted by atomic mass is 9.99. The summed E-state index contributed by atoms with van der Waals surface area (Å²) in [5.74, 6) is -1.11. The van der Waals surface area contributed by atoms with E-state index in [0.29, 0.717) is 16.9 Å². The Morgan fingerprint density at radius 3 is 2.40 bits per heavy atom. The first-order chi connectivity index (χ1) is 9.56. The van der Waals surface area contributed by atoms with Gasteiger partial charge in [0.15, 0.2) is 11.6 Å². The van der Waals surface area contributed by atoms with Crippen molar-refractivity contribution in [2.75, 3.05) is 14.2 Å². The van der Waals surface area contributed by atoms with E-state index in [-0.39, 0.29) is 11.3 Å². The summed E-state index contributed by atoms with van der Waals surface area (Å²) in [6, 6.07) is 8.93. The zero-order valence-corrected chi connectivity index (χ0v) is 11.0. The molecule has 0 aliphatic carbocycles. The summed E-state index contributed by atoms with van der Waals surface area (Å²) in [6.45, 7) is 0. The summed E-state index contributed by atoms with van der Waals surface area (Å²) in [7, 11) is 2.82. The number of hydrogen-bond acceptors (Lipinski definition) is 3. The largest absolute Gasteiger partial charge is 0.497 e. The molecule has 104 valence electrons. The Hall–Kier alpha value is -2.56. The fourth-order valence-electron chi connectivity index (χ4n) is 1.91. The van der Waals surface area contributed by atoms with Crippen molar-refractivity contribution in [3.63, 3.8) is 0 Å². The lowest BCUT2D eigenvalue weighted by molar-refractivity contribution is 0.0697. The first-order valence-electron chi connectivity index (χ1n) is 5.82. The van der Waals surface area contributed by atoms with E-state index < -0.39 is 11.8 Å². The lowest BCUT2D eigenvalue weighted by Gasteiger charge is -2.10. The van der Waals surface area contributed by atoms with Gasteiger partial charge in [-0.25, -0.2) is 9.18 Å². The molecule has 0 amide bonds. The van der Waals surface area contributed by atoms with Crippen molar-refractivity contribution in [1.29, 1.82) is 0 Å². The fourth-order valence-corrected chi connectivity index (χ4v) is 1.91. The number of methoxy groups -OCH3 is 2. The molecular formula is C15H13FO4. The minimum atomic E-state index is -1.10. The summed E-state index contributed by atoms with van der Waals surface area (Å²) < 4.78 is 23.6. The number of carbonyl (C=O) groups is 1. The van der Waals surface area contributed by atoms with Crippen LogP contribution in [0.3, 0.4) is 0 Å². The molecule has 0 saturated heterocycles. The third-order valence-corrected chi connectivity index (χ3v) is 2.92. The number of hydrogen-bond donors (Lipinski definition) is 1. The van der Waals surface area contributed by atoms with Crippen LogP contribution >= 0.6 is 0 Å². The van der Waals surface area contributed by atoms with Crippen LogP contribution in [0.4, 0.5) is 4.39 Å². The van der Waals surface area contributed by atoms with Crippen molar-refractivity contribution in [2.45, 2.75) is 0 Å². The van der Waals surface area contributed by atoms with Crippen molar-refractivity contribution in [3.05, 3.63) is 47.8 Å². The lowest BCUT2D eigenvalue weighted by Crippen LogP contribution is -2.01. The Labute approximate surface area is 115 Å². The molecule has 5 heteroatoms. The SMILES string of the molecule is COc1ccc(-c2ccc(OC)c(F)c2)c(C(=O)O)c1. The first-order valence-corrected chi connectivity index (χ1v) is 5.82. The van der Waals surface area contributed by atoms with Gasteiger partial charge in [0, 0.05) is 0 Å².